The van der Waals surface area contributed by atoms with Crippen LogP contribution in [0.1, 0.15) is 65.9 Å². The third-order valence-electron chi connectivity index (χ3n) is 10.5. The summed E-state index contributed by atoms with van der Waals surface area (Å²) in [7, 11) is 0. The maximum absolute atomic E-state index is 14.0. The third-order valence-corrected chi connectivity index (χ3v) is 10.5. The number of carboxylic acids is 1. The molecule has 0 saturated heterocycles. The zero-order valence-corrected chi connectivity index (χ0v) is 39.5. The summed E-state index contributed by atoms with van der Waals surface area (Å²) in [4.78, 5) is 135. The molecule has 0 unspecified atom stereocenters. The minimum absolute atomic E-state index is 0.000537. The zero-order valence-electron chi connectivity index (χ0n) is 39.5. The van der Waals surface area contributed by atoms with E-state index >= 15 is 0 Å². The van der Waals surface area contributed by atoms with Gasteiger partial charge in [0, 0.05) is 13.0 Å². The molecule has 1 rings (SSSR count). The van der Waals surface area contributed by atoms with Crippen molar-refractivity contribution in [3.8, 4) is 0 Å². The van der Waals surface area contributed by atoms with Crippen molar-refractivity contribution >= 4 is 65.1 Å². The minimum Gasteiger partial charge on any atom is -0.480 e. The Morgan fingerprint density at radius 1 is 0.571 bits per heavy atom. The number of aliphatic hydroxyl groups excluding tert-OH is 4. The molecule has 1 aromatic rings. The van der Waals surface area contributed by atoms with Crippen molar-refractivity contribution in [3.05, 3.63) is 35.9 Å². The molecule has 1 aromatic carbocycles. The molecule has 0 aliphatic heterocycles. The van der Waals surface area contributed by atoms with Crippen molar-refractivity contribution in [3.63, 3.8) is 0 Å². The summed E-state index contributed by atoms with van der Waals surface area (Å²) in [5.41, 5.74) is 22.1. The zero-order chi connectivity index (χ0) is 53.4. The molecule has 70 heavy (non-hydrogen) atoms. The predicted octanol–water partition coefficient (Wildman–Crippen LogP) is -7.74. The van der Waals surface area contributed by atoms with Crippen LogP contribution in [0.15, 0.2) is 35.3 Å². The maximum atomic E-state index is 14.0. The molecule has 9 amide bonds. The van der Waals surface area contributed by atoms with E-state index in [-0.39, 0.29) is 31.8 Å². The number of nitrogens with one attached hydrogen (secondary N) is 8. The normalized spacial score (nSPS) is 16.1. The first-order valence-electron chi connectivity index (χ1n) is 22.1. The van der Waals surface area contributed by atoms with Gasteiger partial charge in [0.15, 0.2) is 5.96 Å². The van der Waals surface area contributed by atoms with Gasteiger partial charge in [0.05, 0.1) is 37.9 Å². The number of hydrogen-bond acceptors (Lipinski definition) is 16. The maximum Gasteiger partial charge on any atom is 0.326 e. The predicted molar refractivity (Wildman–Crippen MR) is 248 cm³/mol. The van der Waals surface area contributed by atoms with E-state index in [0.29, 0.717) is 12.0 Å². The van der Waals surface area contributed by atoms with Crippen molar-refractivity contribution in [1.82, 2.24) is 42.5 Å². The summed E-state index contributed by atoms with van der Waals surface area (Å²) in [5, 5.41) is 68.7. The Bertz CT molecular complexity index is 1990. The molecule has 0 fully saturated rings. The summed E-state index contributed by atoms with van der Waals surface area (Å²) < 4.78 is 0. The number of nitrogens with zero attached hydrogens (tertiary/aromatic N) is 1. The lowest BCUT2D eigenvalue weighted by atomic mass is 9.98. The topological polar surface area (TPSA) is 485 Å². The molecule has 0 aliphatic carbocycles. The van der Waals surface area contributed by atoms with E-state index in [2.05, 4.69) is 47.5 Å². The van der Waals surface area contributed by atoms with Gasteiger partial charge in [-0.3, -0.25) is 48.1 Å². The van der Waals surface area contributed by atoms with Crippen LogP contribution in [0.2, 0.25) is 0 Å². The van der Waals surface area contributed by atoms with E-state index in [0.717, 1.165) is 13.8 Å². The molecule has 0 saturated carbocycles. The van der Waals surface area contributed by atoms with E-state index in [1.807, 2.05) is 0 Å². The quantitative estimate of drug-likeness (QED) is 0.0187. The highest BCUT2D eigenvalue weighted by molar-refractivity contribution is 5.99. The van der Waals surface area contributed by atoms with Crippen LogP contribution in [0.4, 0.5) is 0 Å². The average Bonchev–Trinajstić information content (AvgIpc) is 3.29. The third kappa shape index (κ3) is 21.1. The second kappa shape index (κ2) is 30.5. The molecule has 392 valence electrons. The van der Waals surface area contributed by atoms with Crippen molar-refractivity contribution in [2.75, 3.05) is 19.8 Å². The van der Waals surface area contributed by atoms with Crippen LogP contribution in [0.5, 0.6) is 0 Å². The number of carbonyl (C=O) groups is 10. The van der Waals surface area contributed by atoms with E-state index < -0.39 is 151 Å². The van der Waals surface area contributed by atoms with Crippen LogP contribution < -0.4 is 65.5 Å². The number of amides is 9. The number of carbonyl (C=O) groups excluding carboxylic acids is 9. The molecule has 0 spiro atoms. The average molecular weight is 996 g/mol. The highest BCUT2D eigenvalue weighted by Gasteiger charge is 2.37. The summed E-state index contributed by atoms with van der Waals surface area (Å²) in [6.45, 7) is 4.72. The number of aliphatic hydroxyl groups is 4. The lowest BCUT2D eigenvalue weighted by Gasteiger charge is -2.29. The molecule has 0 aliphatic rings. The smallest absolute Gasteiger partial charge is 0.326 e. The first-order chi connectivity index (χ1) is 32.8. The fourth-order valence-electron chi connectivity index (χ4n) is 6.26. The first kappa shape index (κ1) is 61.0. The van der Waals surface area contributed by atoms with Gasteiger partial charge in [0.2, 0.25) is 53.2 Å². The number of aliphatic imine (C=N–C) groups is 1. The molecular formula is C42H69N13O15. The minimum atomic E-state index is -1.97. The lowest BCUT2D eigenvalue weighted by molar-refractivity contribution is -0.144. The van der Waals surface area contributed by atoms with Crippen molar-refractivity contribution in [2.45, 2.75) is 133 Å². The van der Waals surface area contributed by atoms with Gasteiger partial charge in [0.25, 0.3) is 0 Å². The number of benzene rings is 1. The number of nitrogens with two attached hydrogens (primary N) is 4. The monoisotopic (exact) mass is 996 g/mol. The molecule has 0 heterocycles. The van der Waals surface area contributed by atoms with Crippen molar-refractivity contribution in [2.24, 2.45) is 33.8 Å². The Kier molecular flexibility index (Phi) is 26.6. The second-order valence-corrected chi connectivity index (χ2v) is 16.4. The SMILES string of the molecule is CC[C@H](C)[C@H](NC(=O)[C@H](CCCN=C(N)N)NC(=O)[C@H](CO)NC(=O)[C@@H](NC(=O)[C@H](CC(N)=O)NC(=O)[C@H](Cc1ccccc1)NC(=O)[C@@H](NC(=O)[C@H](CO)NC(=O)[C@H](C)N)[C@@H](C)O)[C@@H](C)O)C(=O)O. The Morgan fingerprint density at radius 2 is 0.986 bits per heavy atom. The van der Waals surface area contributed by atoms with Gasteiger partial charge < -0.3 is 91.0 Å². The van der Waals surface area contributed by atoms with E-state index in [4.69, 9.17) is 22.9 Å². The summed E-state index contributed by atoms with van der Waals surface area (Å²) in [5.74, 6) is -12.2. The van der Waals surface area contributed by atoms with Gasteiger partial charge in [-0.15, -0.1) is 0 Å². The van der Waals surface area contributed by atoms with Crippen LogP contribution in [-0.2, 0) is 54.4 Å². The number of guanidine groups is 1. The molecular weight excluding hydrogens is 927 g/mol. The van der Waals surface area contributed by atoms with Gasteiger partial charge in [-0.1, -0.05) is 50.6 Å². The van der Waals surface area contributed by atoms with Gasteiger partial charge in [-0.25, -0.2) is 4.79 Å². The summed E-state index contributed by atoms with van der Waals surface area (Å²) >= 11 is 0. The van der Waals surface area contributed by atoms with Crippen LogP contribution in [-0.4, -0.2) is 177 Å². The number of rotatable bonds is 31. The number of hydrogen-bond donors (Lipinski definition) is 17. The first-order valence-corrected chi connectivity index (χ1v) is 22.1. The van der Waals surface area contributed by atoms with Crippen LogP contribution >= 0.6 is 0 Å². The fourth-order valence-corrected chi connectivity index (χ4v) is 6.26. The van der Waals surface area contributed by atoms with Crippen LogP contribution in [0.3, 0.4) is 0 Å². The largest absolute Gasteiger partial charge is 0.480 e. The molecule has 28 nitrogen and oxygen atoms in total. The van der Waals surface area contributed by atoms with Crippen molar-refractivity contribution in [1.29, 1.82) is 0 Å². The van der Waals surface area contributed by atoms with Gasteiger partial charge in [-0.2, -0.15) is 0 Å². The summed E-state index contributed by atoms with van der Waals surface area (Å²) in [6.07, 6.45) is -4.33. The standard InChI is InChI=1S/C42H69N13O15/c1-6-19(2)30(41(69)70)53-34(62)24(13-10-14-47-42(45)46)48-37(65)27(17-56)52-40(68)32(22(5)59)54-36(64)26(16-29(44)60)49-35(63)25(15-23-11-8-7-9-12-23)50-39(67)31(21(4)58)55-38(66)28(18-57)51-33(61)20(3)43/h7-9,11-12,19-22,24-28,30-32,56-59H,6,10,13-18,43H2,1-5H3,(H2,44,60)(H,48,65)(H,49,63)(H,50,67)(H,51,61)(H,52,68)(H,53,62)(H,54,64)(H,55,66)(H,69,70)(H4,45,46,47)/t19-,20-,21+,22+,24-,25-,26-,27-,28-,30-,31-,32-/m0/s1. The molecule has 12 atom stereocenters. The van der Waals surface area contributed by atoms with Crippen LogP contribution in [0.25, 0.3) is 0 Å². The molecule has 28 heteroatoms. The second-order valence-electron chi connectivity index (χ2n) is 16.4. The molecule has 0 aromatic heterocycles. The Balaban J connectivity index is 3.42. The lowest BCUT2D eigenvalue weighted by Crippen LogP contribution is -2.63. The molecule has 0 radical (unpaired) electrons. The van der Waals surface area contributed by atoms with E-state index in [1.54, 1.807) is 44.2 Å². The number of carboxylic acid groups (broad SMARTS) is 1. The fraction of sp³-hybridized carbons (Fsp3) is 0.595. The summed E-state index contributed by atoms with van der Waals surface area (Å²) in [6, 6.07) is -6.69. The number of aliphatic carboxylic acids is 1. The molecule has 21 N–H and O–H groups in total. The van der Waals surface area contributed by atoms with Crippen molar-refractivity contribution < 1.29 is 73.5 Å². The Hall–Kier alpha value is -7.01. The van der Waals surface area contributed by atoms with Gasteiger partial charge in [-0.05, 0) is 45.1 Å². The molecule has 0 bridgehead atoms. The van der Waals surface area contributed by atoms with Gasteiger partial charge in [0.1, 0.15) is 48.3 Å². The highest BCUT2D eigenvalue weighted by atomic mass is 16.4. The van der Waals surface area contributed by atoms with Gasteiger partial charge >= 0.3 is 5.97 Å². The Labute approximate surface area is 403 Å². The highest BCUT2D eigenvalue weighted by Crippen LogP contribution is 2.11. The van der Waals surface area contributed by atoms with Crippen LogP contribution in [0, 0.1) is 5.92 Å². The Morgan fingerprint density at radius 3 is 1.43 bits per heavy atom. The van der Waals surface area contributed by atoms with E-state index in [9.17, 15) is 73.5 Å². The number of primary amides is 1. The van der Waals surface area contributed by atoms with E-state index in [1.165, 1.54) is 6.92 Å².